The van der Waals surface area contributed by atoms with Crippen molar-refractivity contribution in [2.45, 2.75) is 20.8 Å². The summed E-state index contributed by atoms with van der Waals surface area (Å²) in [6, 6.07) is 5.88. The highest BCUT2D eigenvalue weighted by molar-refractivity contribution is 6.16. The second-order valence-corrected chi connectivity index (χ2v) is 5.87. The van der Waals surface area contributed by atoms with Crippen LogP contribution in [0.5, 0.6) is 0 Å². The van der Waals surface area contributed by atoms with E-state index < -0.39 is 11.8 Å². The normalized spacial score (nSPS) is 16.7. The van der Waals surface area contributed by atoms with Gasteiger partial charge in [0.2, 0.25) is 0 Å². The molecule has 0 unspecified atom stereocenters. The highest BCUT2D eigenvalue weighted by atomic mass is 19.1. The Balaban J connectivity index is 2.52. The summed E-state index contributed by atoms with van der Waals surface area (Å²) in [6.45, 7) is 6.21. The molecule has 1 aliphatic rings. The van der Waals surface area contributed by atoms with E-state index in [-0.39, 0.29) is 23.0 Å². The molecule has 2 rings (SSSR count). The first kappa shape index (κ1) is 16.9. The summed E-state index contributed by atoms with van der Waals surface area (Å²) in [4.78, 5) is 26.4. The molecule has 1 aliphatic heterocycles. The minimum atomic E-state index is -0.565. The fraction of sp³-hybridized carbons (Fsp3) is 0.333. The van der Waals surface area contributed by atoms with E-state index in [4.69, 9.17) is 4.74 Å². The van der Waals surface area contributed by atoms with Gasteiger partial charge in [-0.15, -0.1) is 0 Å². The number of amides is 1. The van der Waals surface area contributed by atoms with Gasteiger partial charge >= 0.3 is 5.97 Å². The maximum Gasteiger partial charge on any atom is 0.340 e. The van der Waals surface area contributed by atoms with Crippen LogP contribution in [0, 0.1) is 11.7 Å². The predicted molar refractivity (Wildman–Crippen MR) is 85.6 cm³/mol. The number of rotatable bonds is 4. The number of hydrogen-bond donors (Lipinski definition) is 0. The lowest BCUT2D eigenvalue weighted by molar-refractivity contribution is -0.136. The summed E-state index contributed by atoms with van der Waals surface area (Å²) in [6.07, 6.45) is 1.53. The molecule has 23 heavy (non-hydrogen) atoms. The molecule has 0 N–H and O–H groups in total. The molecule has 1 aromatic carbocycles. The van der Waals surface area contributed by atoms with E-state index in [1.165, 1.54) is 25.3 Å². The fourth-order valence-corrected chi connectivity index (χ4v) is 2.58. The summed E-state index contributed by atoms with van der Waals surface area (Å²) in [5.74, 6) is -0.976. The second-order valence-electron chi connectivity index (χ2n) is 5.87. The molecule has 122 valence electrons. The van der Waals surface area contributed by atoms with Gasteiger partial charge in [0, 0.05) is 12.2 Å². The Bertz CT molecular complexity index is 704. The number of allylic oxidation sites excluding steroid dienone is 1. The molecule has 5 heteroatoms. The third kappa shape index (κ3) is 3.50. The number of halogens is 1. The number of nitrogens with zero attached hydrogens (tertiary/aromatic N) is 1. The van der Waals surface area contributed by atoms with Crippen LogP contribution >= 0.6 is 0 Å². The monoisotopic (exact) mass is 317 g/mol. The van der Waals surface area contributed by atoms with E-state index in [1.54, 1.807) is 24.0 Å². The summed E-state index contributed by atoms with van der Waals surface area (Å²) >= 11 is 0. The first-order valence-electron chi connectivity index (χ1n) is 7.43. The maximum atomic E-state index is 13.4. The Labute approximate surface area is 135 Å². The molecule has 1 heterocycles. The Kier molecular flexibility index (Phi) is 4.98. The Morgan fingerprint density at radius 1 is 1.39 bits per heavy atom. The van der Waals surface area contributed by atoms with Crippen molar-refractivity contribution in [2.24, 2.45) is 5.92 Å². The van der Waals surface area contributed by atoms with Gasteiger partial charge < -0.3 is 9.64 Å². The molecule has 4 nitrogen and oxygen atoms in total. The van der Waals surface area contributed by atoms with E-state index in [2.05, 4.69) is 0 Å². The van der Waals surface area contributed by atoms with Crippen molar-refractivity contribution in [1.29, 1.82) is 0 Å². The van der Waals surface area contributed by atoms with E-state index in [9.17, 15) is 14.0 Å². The maximum absolute atomic E-state index is 13.4. The van der Waals surface area contributed by atoms with Crippen molar-refractivity contribution < 1.29 is 18.7 Å². The van der Waals surface area contributed by atoms with Gasteiger partial charge in [0.25, 0.3) is 5.91 Å². The molecule has 0 bridgehead atoms. The zero-order chi connectivity index (χ0) is 17.1. The molecule has 0 atom stereocenters. The van der Waals surface area contributed by atoms with Gasteiger partial charge in [-0.2, -0.15) is 0 Å². The minimum absolute atomic E-state index is 0.237. The summed E-state index contributed by atoms with van der Waals surface area (Å²) in [5.41, 5.74) is 1.56. The lowest BCUT2D eigenvalue weighted by Crippen LogP contribution is -2.28. The molecular weight excluding hydrogens is 297 g/mol. The van der Waals surface area contributed by atoms with Crippen molar-refractivity contribution >= 4 is 18.0 Å². The number of carbonyl (C=O) groups excluding carboxylic acids is 2. The molecule has 1 aromatic rings. The smallest absolute Gasteiger partial charge is 0.340 e. The number of hydrogen-bond acceptors (Lipinski definition) is 3. The van der Waals surface area contributed by atoms with Crippen LogP contribution in [0.15, 0.2) is 41.1 Å². The number of benzene rings is 1. The molecule has 0 aromatic heterocycles. The molecule has 0 saturated heterocycles. The molecule has 0 aliphatic carbocycles. The van der Waals surface area contributed by atoms with Gasteiger partial charge in [0.15, 0.2) is 0 Å². The predicted octanol–water partition coefficient (Wildman–Crippen LogP) is 3.15. The van der Waals surface area contributed by atoms with Crippen molar-refractivity contribution in [3.05, 3.63) is 52.5 Å². The second kappa shape index (κ2) is 6.77. The lowest BCUT2D eigenvalue weighted by Gasteiger charge is -2.19. The lowest BCUT2D eigenvalue weighted by atomic mass is 10.0. The van der Waals surface area contributed by atoms with Gasteiger partial charge in [0.1, 0.15) is 5.82 Å². The van der Waals surface area contributed by atoms with Crippen molar-refractivity contribution in [2.75, 3.05) is 13.7 Å². The first-order valence-corrected chi connectivity index (χ1v) is 7.43. The van der Waals surface area contributed by atoms with Crippen LogP contribution in [0.25, 0.3) is 6.08 Å². The average Bonchev–Trinajstić information content (AvgIpc) is 2.71. The van der Waals surface area contributed by atoms with Crippen LogP contribution in [0.3, 0.4) is 0 Å². The zero-order valence-corrected chi connectivity index (χ0v) is 13.7. The Morgan fingerprint density at radius 3 is 2.65 bits per heavy atom. The molecule has 1 amide bonds. The van der Waals surface area contributed by atoms with Crippen LogP contribution in [-0.4, -0.2) is 30.4 Å². The third-order valence-corrected chi connectivity index (χ3v) is 3.61. The number of ether oxygens (including phenoxy) is 1. The summed E-state index contributed by atoms with van der Waals surface area (Å²) < 4.78 is 18.2. The standard InChI is InChI=1S/C18H20FNO3/c1-11(2)10-20-12(3)16(18(22)23-4)15(17(20)21)9-13-6-5-7-14(19)8-13/h5-9,11H,10H2,1-4H3/b15-9-. The zero-order valence-electron chi connectivity index (χ0n) is 13.7. The highest BCUT2D eigenvalue weighted by Gasteiger charge is 2.37. The number of esters is 1. The van der Waals surface area contributed by atoms with Crippen LogP contribution in [0.2, 0.25) is 0 Å². The fourth-order valence-electron chi connectivity index (χ4n) is 2.58. The molecule has 0 spiro atoms. The van der Waals surface area contributed by atoms with E-state index in [0.29, 0.717) is 17.8 Å². The molecule has 0 radical (unpaired) electrons. The highest BCUT2D eigenvalue weighted by Crippen LogP contribution is 2.32. The van der Waals surface area contributed by atoms with E-state index >= 15 is 0 Å². The Hall–Kier alpha value is -2.43. The van der Waals surface area contributed by atoms with Gasteiger partial charge in [0.05, 0.1) is 18.3 Å². The third-order valence-electron chi connectivity index (χ3n) is 3.61. The topological polar surface area (TPSA) is 46.6 Å². The van der Waals surface area contributed by atoms with Crippen LogP contribution in [0.4, 0.5) is 4.39 Å². The molecular formula is C18H20FNO3. The number of carbonyl (C=O) groups is 2. The Morgan fingerprint density at radius 2 is 2.09 bits per heavy atom. The largest absolute Gasteiger partial charge is 0.465 e. The van der Waals surface area contributed by atoms with Crippen LogP contribution in [-0.2, 0) is 14.3 Å². The van der Waals surface area contributed by atoms with Gasteiger partial charge in [-0.25, -0.2) is 9.18 Å². The minimum Gasteiger partial charge on any atom is -0.465 e. The van der Waals surface area contributed by atoms with E-state index in [0.717, 1.165) is 0 Å². The van der Waals surface area contributed by atoms with Gasteiger partial charge in [-0.1, -0.05) is 26.0 Å². The molecule has 0 saturated carbocycles. The van der Waals surface area contributed by atoms with E-state index in [1.807, 2.05) is 13.8 Å². The van der Waals surface area contributed by atoms with Crippen LogP contribution in [0.1, 0.15) is 26.3 Å². The van der Waals surface area contributed by atoms with Gasteiger partial charge in [-0.3, -0.25) is 4.79 Å². The quantitative estimate of drug-likeness (QED) is 0.633. The average molecular weight is 317 g/mol. The first-order chi connectivity index (χ1) is 10.8. The summed E-state index contributed by atoms with van der Waals surface area (Å²) in [7, 11) is 1.28. The van der Waals surface area contributed by atoms with Crippen molar-refractivity contribution in [3.63, 3.8) is 0 Å². The van der Waals surface area contributed by atoms with Crippen molar-refractivity contribution in [3.8, 4) is 0 Å². The summed E-state index contributed by atoms with van der Waals surface area (Å²) in [5, 5.41) is 0. The SMILES string of the molecule is COC(=O)C1=C(C)N(CC(C)C)C(=O)/C1=C\c1cccc(F)c1. The molecule has 0 fully saturated rings. The van der Waals surface area contributed by atoms with Gasteiger partial charge in [-0.05, 0) is 36.6 Å². The van der Waals surface area contributed by atoms with Crippen molar-refractivity contribution in [1.82, 2.24) is 4.90 Å². The number of methoxy groups -OCH3 is 1. The van der Waals surface area contributed by atoms with Crippen LogP contribution < -0.4 is 0 Å².